The number of hydrogen-bond acceptors (Lipinski definition) is 5. The molecule has 2 N–H and O–H groups in total. The lowest BCUT2D eigenvalue weighted by atomic mass is 10.1. The lowest BCUT2D eigenvalue weighted by Gasteiger charge is -2.25. The van der Waals surface area contributed by atoms with Crippen LogP contribution in [0.1, 0.15) is 10.4 Å². The van der Waals surface area contributed by atoms with Crippen LogP contribution in [0.3, 0.4) is 0 Å². The van der Waals surface area contributed by atoms with Gasteiger partial charge in [0.2, 0.25) is 0 Å². The summed E-state index contributed by atoms with van der Waals surface area (Å²) in [4.78, 5) is 13.6. The van der Waals surface area contributed by atoms with Crippen LogP contribution in [0, 0.1) is 0 Å². The van der Waals surface area contributed by atoms with Crippen molar-refractivity contribution < 1.29 is 14.3 Å². The Morgan fingerprint density at radius 1 is 1.47 bits per heavy atom. The monoisotopic (exact) mass is 236 g/mol. The maximum Gasteiger partial charge on any atom is 0.338 e. The zero-order valence-corrected chi connectivity index (χ0v) is 9.97. The molecule has 0 radical (unpaired) electrons. The Balaban J connectivity index is 2.10. The van der Waals surface area contributed by atoms with Gasteiger partial charge in [-0.25, -0.2) is 4.79 Å². The fraction of sp³-hybridized carbons (Fsp3) is 0.417. The standard InChI is InChI=1S/C12H16N2O3/c1-14(2)11-4-3-8(5-10(11)13)12(15)17-9-6-16-7-9/h3-5,9H,6-7,13H2,1-2H3. The van der Waals surface area contributed by atoms with Gasteiger partial charge in [-0.3, -0.25) is 0 Å². The normalized spacial score (nSPS) is 15.2. The number of anilines is 2. The van der Waals surface area contributed by atoms with Gasteiger partial charge in [-0.15, -0.1) is 0 Å². The quantitative estimate of drug-likeness (QED) is 0.623. The smallest absolute Gasteiger partial charge is 0.338 e. The first-order chi connectivity index (χ1) is 8.08. The van der Waals surface area contributed by atoms with Crippen LogP contribution in [0.4, 0.5) is 11.4 Å². The van der Waals surface area contributed by atoms with Crippen molar-refractivity contribution in [3.05, 3.63) is 23.8 Å². The van der Waals surface area contributed by atoms with Crippen molar-refractivity contribution in [3.63, 3.8) is 0 Å². The molecule has 1 saturated heterocycles. The van der Waals surface area contributed by atoms with Crippen LogP contribution in [0.25, 0.3) is 0 Å². The third-order valence-corrected chi connectivity index (χ3v) is 2.63. The van der Waals surface area contributed by atoms with Gasteiger partial charge in [0, 0.05) is 14.1 Å². The summed E-state index contributed by atoms with van der Waals surface area (Å²) in [7, 11) is 3.80. The minimum atomic E-state index is -0.352. The number of esters is 1. The second kappa shape index (κ2) is 4.63. The van der Waals surface area contributed by atoms with Gasteiger partial charge < -0.3 is 20.1 Å². The fourth-order valence-corrected chi connectivity index (χ4v) is 1.59. The van der Waals surface area contributed by atoms with Crippen molar-refractivity contribution in [1.29, 1.82) is 0 Å². The zero-order chi connectivity index (χ0) is 12.4. The molecule has 0 amide bonds. The summed E-state index contributed by atoms with van der Waals surface area (Å²) in [6.45, 7) is 0.966. The molecule has 1 aliphatic rings. The number of nitrogen functional groups attached to an aromatic ring is 1. The maximum absolute atomic E-state index is 11.7. The van der Waals surface area contributed by atoms with E-state index in [1.54, 1.807) is 12.1 Å². The molecule has 92 valence electrons. The molecule has 0 spiro atoms. The van der Waals surface area contributed by atoms with Gasteiger partial charge >= 0.3 is 5.97 Å². The van der Waals surface area contributed by atoms with Crippen molar-refractivity contribution in [1.82, 2.24) is 0 Å². The number of benzene rings is 1. The zero-order valence-electron chi connectivity index (χ0n) is 9.97. The number of nitrogens with two attached hydrogens (primary N) is 1. The highest BCUT2D eigenvalue weighted by molar-refractivity contribution is 5.92. The molecule has 1 heterocycles. The van der Waals surface area contributed by atoms with E-state index in [1.165, 1.54) is 0 Å². The highest BCUT2D eigenvalue weighted by Crippen LogP contribution is 2.23. The SMILES string of the molecule is CN(C)c1ccc(C(=O)OC2COC2)cc1N. The van der Waals surface area contributed by atoms with Crippen LogP contribution in [-0.2, 0) is 9.47 Å². The molecule has 17 heavy (non-hydrogen) atoms. The Morgan fingerprint density at radius 2 is 2.18 bits per heavy atom. The molecule has 0 bridgehead atoms. The van der Waals surface area contributed by atoms with Crippen molar-refractivity contribution in [2.24, 2.45) is 0 Å². The topological polar surface area (TPSA) is 64.8 Å². The summed E-state index contributed by atoms with van der Waals surface area (Å²) in [6.07, 6.45) is -0.114. The van der Waals surface area contributed by atoms with E-state index in [9.17, 15) is 4.79 Å². The number of carbonyl (C=O) groups is 1. The lowest BCUT2D eigenvalue weighted by molar-refractivity contribution is -0.103. The molecular weight excluding hydrogens is 220 g/mol. The van der Waals surface area contributed by atoms with E-state index in [0.717, 1.165) is 5.69 Å². The van der Waals surface area contributed by atoms with E-state index >= 15 is 0 Å². The lowest BCUT2D eigenvalue weighted by Crippen LogP contribution is -2.37. The molecule has 0 aromatic heterocycles. The molecule has 5 nitrogen and oxygen atoms in total. The highest BCUT2D eigenvalue weighted by atomic mass is 16.6. The van der Waals surface area contributed by atoms with E-state index < -0.39 is 0 Å². The largest absolute Gasteiger partial charge is 0.454 e. The minimum absolute atomic E-state index is 0.114. The molecule has 1 aromatic rings. The van der Waals surface area contributed by atoms with E-state index in [2.05, 4.69) is 0 Å². The maximum atomic E-state index is 11.7. The van der Waals surface area contributed by atoms with Gasteiger partial charge in [0.25, 0.3) is 0 Å². The Kier molecular flexibility index (Phi) is 3.19. The first kappa shape index (κ1) is 11.7. The van der Waals surface area contributed by atoms with Crippen LogP contribution in [0.2, 0.25) is 0 Å². The van der Waals surface area contributed by atoms with E-state index in [-0.39, 0.29) is 12.1 Å². The molecule has 0 aliphatic carbocycles. The minimum Gasteiger partial charge on any atom is -0.454 e. The average Bonchev–Trinajstić information content (AvgIpc) is 2.22. The fourth-order valence-electron chi connectivity index (χ4n) is 1.59. The summed E-state index contributed by atoms with van der Waals surface area (Å²) in [5.74, 6) is -0.352. The second-order valence-corrected chi connectivity index (χ2v) is 4.23. The molecule has 0 unspecified atom stereocenters. The van der Waals surface area contributed by atoms with Gasteiger partial charge in [0.05, 0.1) is 30.2 Å². The predicted octanol–water partition coefficient (Wildman–Crippen LogP) is 0.890. The molecular formula is C12H16N2O3. The van der Waals surface area contributed by atoms with Crippen LogP contribution >= 0.6 is 0 Å². The molecule has 2 rings (SSSR count). The van der Waals surface area contributed by atoms with Crippen LogP contribution in [0.15, 0.2) is 18.2 Å². The van der Waals surface area contributed by atoms with Gasteiger partial charge in [-0.05, 0) is 18.2 Å². The number of carbonyl (C=O) groups excluding carboxylic acids is 1. The first-order valence-electron chi connectivity index (χ1n) is 5.43. The third-order valence-electron chi connectivity index (χ3n) is 2.63. The summed E-state index contributed by atoms with van der Waals surface area (Å²) in [5, 5.41) is 0. The number of rotatable bonds is 3. The number of hydrogen-bond donors (Lipinski definition) is 1. The second-order valence-electron chi connectivity index (χ2n) is 4.23. The van der Waals surface area contributed by atoms with Crippen molar-refractivity contribution in [3.8, 4) is 0 Å². The summed E-state index contributed by atoms with van der Waals surface area (Å²) in [6, 6.07) is 5.16. The van der Waals surface area contributed by atoms with Gasteiger partial charge in [-0.1, -0.05) is 0 Å². The molecule has 1 aliphatic heterocycles. The molecule has 0 atom stereocenters. The van der Waals surface area contributed by atoms with Crippen LogP contribution < -0.4 is 10.6 Å². The highest BCUT2D eigenvalue weighted by Gasteiger charge is 2.23. The molecule has 5 heteroatoms. The summed E-state index contributed by atoms with van der Waals surface area (Å²) < 4.78 is 10.1. The molecule has 0 saturated carbocycles. The average molecular weight is 236 g/mol. The van der Waals surface area contributed by atoms with Gasteiger partial charge in [-0.2, -0.15) is 0 Å². The third kappa shape index (κ3) is 2.50. The summed E-state index contributed by atoms with van der Waals surface area (Å²) in [5.41, 5.74) is 7.78. The van der Waals surface area contributed by atoms with Gasteiger partial charge in [0.1, 0.15) is 6.10 Å². The van der Waals surface area contributed by atoms with E-state index in [1.807, 2.05) is 25.1 Å². The molecule has 1 fully saturated rings. The number of nitrogens with zero attached hydrogens (tertiary/aromatic N) is 1. The van der Waals surface area contributed by atoms with Gasteiger partial charge in [0.15, 0.2) is 0 Å². The van der Waals surface area contributed by atoms with Crippen molar-refractivity contribution in [2.45, 2.75) is 6.10 Å². The molecule has 1 aromatic carbocycles. The van der Waals surface area contributed by atoms with Crippen molar-refractivity contribution >= 4 is 17.3 Å². The van der Waals surface area contributed by atoms with E-state index in [4.69, 9.17) is 15.2 Å². The Labute approximate surface area is 100 Å². The Bertz CT molecular complexity index is 428. The van der Waals surface area contributed by atoms with Crippen molar-refractivity contribution in [2.75, 3.05) is 37.9 Å². The Hall–Kier alpha value is -1.75. The van der Waals surface area contributed by atoms with Crippen LogP contribution in [-0.4, -0.2) is 39.4 Å². The first-order valence-corrected chi connectivity index (χ1v) is 5.43. The van der Waals surface area contributed by atoms with Crippen LogP contribution in [0.5, 0.6) is 0 Å². The van der Waals surface area contributed by atoms with E-state index in [0.29, 0.717) is 24.5 Å². The summed E-state index contributed by atoms with van der Waals surface area (Å²) >= 11 is 0. The number of ether oxygens (including phenoxy) is 2. The Morgan fingerprint density at radius 3 is 2.65 bits per heavy atom. The predicted molar refractivity (Wildman–Crippen MR) is 65.2 cm³/mol.